The van der Waals surface area contributed by atoms with Gasteiger partial charge >= 0.3 is 6.09 Å². The van der Waals surface area contributed by atoms with Gasteiger partial charge in [-0.1, -0.05) is 36.4 Å². The molecule has 1 aliphatic rings. The van der Waals surface area contributed by atoms with Crippen LogP contribution in [-0.2, 0) is 14.9 Å². The first-order chi connectivity index (χ1) is 13.2. The summed E-state index contributed by atoms with van der Waals surface area (Å²) < 4.78 is 5.44. The zero-order chi connectivity index (χ0) is 20.9. The molecule has 2 amide bonds. The molecule has 0 radical (unpaired) electrons. The third-order valence-corrected chi connectivity index (χ3v) is 5.34. The molecule has 0 unspecified atom stereocenters. The summed E-state index contributed by atoms with van der Waals surface area (Å²) >= 11 is 0. The number of benzene rings is 1. The Bertz CT molecular complexity index is 692. The van der Waals surface area contributed by atoms with Crippen molar-refractivity contribution in [2.24, 2.45) is 5.92 Å². The minimum atomic E-state index is -0.601. The predicted octanol–water partition coefficient (Wildman–Crippen LogP) is 4.28. The summed E-state index contributed by atoms with van der Waals surface area (Å²) in [6.45, 7) is 14.7. The normalized spacial score (nSPS) is 22.1. The van der Waals surface area contributed by atoms with Crippen molar-refractivity contribution in [3.8, 4) is 0 Å². The number of likely N-dealkylation sites (N-methyl/N-ethyl adjacent to an activating group) is 1. The third-order valence-electron chi connectivity index (χ3n) is 5.34. The Morgan fingerprint density at radius 2 is 1.89 bits per heavy atom. The van der Waals surface area contributed by atoms with Crippen LogP contribution >= 0.6 is 0 Å². The Morgan fingerprint density at radius 1 is 1.29 bits per heavy atom. The zero-order valence-electron chi connectivity index (χ0n) is 17.8. The standard InChI is InChI=1S/C23H34N2O3/c1-7-13-19(24-21(27)28-22(4,5)6)18-16-23(18,17-14-11-10-12-15-17)20(26)25(8-2)9-3/h7,10-12,14-15,18-19H,1,8-9,13,16H2,2-6H3,(H,24,27)/t18-,19-,23+/m0/s1. The first-order valence-electron chi connectivity index (χ1n) is 10.1. The van der Waals surface area contributed by atoms with E-state index in [-0.39, 0.29) is 17.9 Å². The summed E-state index contributed by atoms with van der Waals surface area (Å²) in [5.41, 5.74) is -0.160. The summed E-state index contributed by atoms with van der Waals surface area (Å²) in [4.78, 5) is 27.7. The molecule has 1 saturated carbocycles. The molecule has 2 rings (SSSR count). The predicted molar refractivity (Wildman–Crippen MR) is 112 cm³/mol. The first kappa shape index (κ1) is 22.0. The van der Waals surface area contributed by atoms with Gasteiger partial charge in [0.1, 0.15) is 5.60 Å². The highest BCUT2D eigenvalue weighted by atomic mass is 16.6. The average Bonchev–Trinajstić information content (AvgIpc) is 3.38. The molecule has 1 aliphatic carbocycles. The monoisotopic (exact) mass is 386 g/mol. The van der Waals surface area contributed by atoms with E-state index in [4.69, 9.17) is 4.74 Å². The van der Waals surface area contributed by atoms with Crippen molar-refractivity contribution in [2.45, 2.75) is 64.5 Å². The average molecular weight is 387 g/mol. The lowest BCUT2D eigenvalue weighted by Crippen LogP contribution is -2.45. The fourth-order valence-corrected chi connectivity index (χ4v) is 3.97. The Hall–Kier alpha value is -2.30. The van der Waals surface area contributed by atoms with Gasteiger partial charge in [-0.05, 0) is 58.9 Å². The Labute approximate surface area is 169 Å². The number of carbonyl (C=O) groups excluding carboxylic acids is 2. The van der Waals surface area contributed by atoms with Crippen molar-refractivity contribution >= 4 is 12.0 Å². The van der Waals surface area contributed by atoms with Crippen molar-refractivity contribution < 1.29 is 14.3 Å². The molecule has 0 spiro atoms. The van der Waals surface area contributed by atoms with Gasteiger partial charge in [0.05, 0.1) is 5.41 Å². The minimum Gasteiger partial charge on any atom is -0.444 e. The number of ether oxygens (including phenoxy) is 1. The lowest BCUT2D eigenvalue weighted by atomic mass is 9.88. The number of hydrogen-bond donors (Lipinski definition) is 1. The number of alkyl carbamates (subject to hydrolysis) is 1. The Balaban J connectivity index is 2.32. The van der Waals surface area contributed by atoms with E-state index in [9.17, 15) is 9.59 Å². The molecule has 5 heteroatoms. The van der Waals surface area contributed by atoms with Gasteiger partial charge in [0, 0.05) is 19.1 Å². The van der Waals surface area contributed by atoms with E-state index in [1.54, 1.807) is 6.08 Å². The number of amides is 2. The number of carbonyl (C=O) groups is 2. The molecular formula is C23H34N2O3. The quantitative estimate of drug-likeness (QED) is 0.678. The number of nitrogens with zero attached hydrogens (tertiary/aromatic N) is 1. The third kappa shape index (κ3) is 4.75. The fraction of sp³-hybridized carbons (Fsp3) is 0.565. The lowest BCUT2D eigenvalue weighted by Gasteiger charge is -2.29. The topological polar surface area (TPSA) is 58.6 Å². The van der Waals surface area contributed by atoms with Crippen LogP contribution in [0.5, 0.6) is 0 Å². The molecule has 28 heavy (non-hydrogen) atoms. The highest BCUT2D eigenvalue weighted by molar-refractivity contribution is 5.92. The van der Waals surface area contributed by atoms with Crippen LogP contribution in [0, 0.1) is 5.92 Å². The van der Waals surface area contributed by atoms with Crippen LogP contribution in [0.2, 0.25) is 0 Å². The van der Waals surface area contributed by atoms with Crippen molar-refractivity contribution in [1.29, 1.82) is 0 Å². The molecule has 0 aromatic heterocycles. The highest BCUT2D eigenvalue weighted by Crippen LogP contribution is 2.57. The van der Waals surface area contributed by atoms with Crippen LogP contribution in [0.1, 0.15) is 53.0 Å². The molecule has 154 valence electrons. The molecule has 0 heterocycles. The molecule has 1 N–H and O–H groups in total. The second-order valence-corrected chi connectivity index (χ2v) is 8.40. The van der Waals surface area contributed by atoms with Crippen molar-refractivity contribution in [2.75, 3.05) is 13.1 Å². The molecule has 0 bridgehead atoms. The van der Waals surface area contributed by atoms with Gasteiger partial charge in [0.25, 0.3) is 0 Å². The summed E-state index contributed by atoms with van der Waals surface area (Å²) in [5, 5.41) is 2.99. The van der Waals surface area contributed by atoms with Gasteiger partial charge in [-0.15, -0.1) is 6.58 Å². The van der Waals surface area contributed by atoms with Gasteiger partial charge in [-0.2, -0.15) is 0 Å². The fourth-order valence-electron chi connectivity index (χ4n) is 3.97. The van der Waals surface area contributed by atoms with Gasteiger partial charge in [0.2, 0.25) is 5.91 Å². The Morgan fingerprint density at radius 3 is 2.39 bits per heavy atom. The van der Waals surface area contributed by atoms with Crippen molar-refractivity contribution in [3.05, 3.63) is 48.6 Å². The number of hydrogen-bond acceptors (Lipinski definition) is 3. The van der Waals surface area contributed by atoms with Crippen LogP contribution in [0.3, 0.4) is 0 Å². The molecular weight excluding hydrogens is 352 g/mol. The molecule has 1 aromatic carbocycles. The second kappa shape index (κ2) is 8.80. The maximum Gasteiger partial charge on any atom is 0.407 e. The molecule has 1 fully saturated rings. The van der Waals surface area contributed by atoms with E-state index < -0.39 is 17.1 Å². The zero-order valence-corrected chi connectivity index (χ0v) is 17.8. The number of rotatable bonds is 8. The van der Waals surface area contributed by atoms with Crippen LogP contribution in [0.15, 0.2) is 43.0 Å². The summed E-state index contributed by atoms with van der Waals surface area (Å²) in [7, 11) is 0. The molecule has 0 aliphatic heterocycles. The maximum absolute atomic E-state index is 13.5. The van der Waals surface area contributed by atoms with Gasteiger partial charge in [-0.3, -0.25) is 4.79 Å². The first-order valence-corrected chi connectivity index (χ1v) is 10.1. The van der Waals surface area contributed by atoms with E-state index in [1.165, 1.54) is 0 Å². The summed E-state index contributed by atoms with van der Waals surface area (Å²) in [6, 6.07) is 9.71. The largest absolute Gasteiger partial charge is 0.444 e. The van der Waals surface area contributed by atoms with Crippen molar-refractivity contribution in [3.63, 3.8) is 0 Å². The molecule has 1 aromatic rings. The summed E-state index contributed by atoms with van der Waals surface area (Å²) in [6.07, 6.45) is 2.63. The molecule has 3 atom stereocenters. The highest BCUT2D eigenvalue weighted by Gasteiger charge is 2.64. The van der Waals surface area contributed by atoms with E-state index in [1.807, 2.05) is 69.9 Å². The van der Waals surface area contributed by atoms with Crippen LogP contribution < -0.4 is 5.32 Å². The minimum absolute atomic E-state index is 0.00789. The molecule has 0 saturated heterocycles. The smallest absolute Gasteiger partial charge is 0.407 e. The van der Waals surface area contributed by atoms with Gasteiger partial charge < -0.3 is 15.0 Å². The Kier molecular flexibility index (Phi) is 6.91. The van der Waals surface area contributed by atoms with Crippen LogP contribution in [0.4, 0.5) is 4.79 Å². The van der Waals surface area contributed by atoms with Crippen molar-refractivity contribution in [1.82, 2.24) is 10.2 Å². The van der Waals surface area contributed by atoms with Gasteiger partial charge in [0.15, 0.2) is 0 Å². The van der Waals surface area contributed by atoms with E-state index in [0.717, 1.165) is 5.56 Å². The van der Waals surface area contributed by atoms with Gasteiger partial charge in [-0.25, -0.2) is 4.79 Å². The summed E-state index contributed by atoms with van der Waals surface area (Å²) in [5.74, 6) is 0.141. The molecule has 5 nitrogen and oxygen atoms in total. The number of nitrogens with one attached hydrogen (secondary N) is 1. The second-order valence-electron chi connectivity index (χ2n) is 8.40. The lowest BCUT2D eigenvalue weighted by molar-refractivity contribution is -0.134. The van der Waals surface area contributed by atoms with E-state index in [0.29, 0.717) is 25.9 Å². The van der Waals surface area contributed by atoms with E-state index >= 15 is 0 Å². The van der Waals surface area contributed by atoms with E-state index in [2.05, 4.69) is 11.9 Å². The maximum atomic E-state index is 13.5. The SMILES string of the molecule is C=CC[C@H](NC(=O)OC(C)(C)C)[C@@H]1C[C@@]1(C(=O)N(CC)CC)c1ccccc1. The van der Waals surface area contributed by atoms with Crippen LogP contribution in [-0.4, -0.2) is 41.6 Å². The van der Waals surface area contributed by atoms with Crippen LogP contribution in [0.25, 0.3) is 0 Å².